The van der Waals surface area contributed by atoms with E-state index in [1.54, 1.807) is 0 Å². The van der Waals surface area contributed by atoms with Gasteiger partial charge in [-0.2, -0.15) is 0 Å². The second-order valence-electron chi connectivity index (χ2n) is 3.84. The fourth-order valence-corrected chi connectivity index (χ4v) is 1.35. The molecule has 0 aliphatic rings. The lowest BCUT2D eigenvalue weighted by atomic mass is 9.86. The SMILES string of the molecule is CCOC(=O)CC(C)(C)CC=C(Br)Br. The number of hydrogen-bond donors (Lipinski definition) is 0. The summed E-state index contributed by atoms with van der Waals surface area (Å²) in [5.41, 5.74) is -0.0565. The molecule has 0 saturated carbocycles. The van der Waals surface area contributed by atoms with Gasteiger partial charge >= 0.3 is 5.97 Å². The van der Waals surface area contributed by atoms with Gasteiger partial charge in [-0.25, -0.2) is 0 Å². The summed E-state index contributed by atoms with van der Waals surface area (Å²) >= 11 is 6.57. The zero-order valence-corrected chi connectivity index (χ0v) is 11.9. The van der Waals surface area contributed by atoms with Gasteiger partial charge in [-0.3, -0.25) is 4.79 Å². The molecule has 0 unspecified atom stereocenters. The van der Waals surface area contributed by atoms with E-state index in [1.807, 2.05) is 26.8 Å². The fourth-order valence-electron chi connectivity index (χ4n) is 1.03. The van der Waals surface area contributed by atoms with Gasteiger partial charge in [0.2, 0.25) is 0 Å². The molecule has 0 fully saturated rings. The Bertz CT molecular complexity index is 218. The third-order valence-corrected chi connectivity index (χ3v) is 2.38. The van der Waals surface area contributed by atoms with Crippen LogP contribution in [0.1, 0.15) is 33.6 Å². The predicted octanol–water partition coefficient (Wildman–Crippen LogP) is 3.99. The van der Waals surface area contributed by atoms with E-state index in [9.17, 15) is 4.79 Å². The molecule has 0 atom stereocenters. The monoisotopic (exact) mass is 326 g/mol. The Morgan fingerprint density at radius 1 is 1.43 bits per heavy atom. The van der Waals surface area contributed by atoms with Crippen molar-refractivity contribution in [2.75, 3.05) is 6.61 Å². The average Bonchev–Trinajstić information content (AvgIpc) is 2.00. The summed E-state index contributed by atoms with van der Waals surface area (Å²) in [7, 11) is 0. The molecule has 4 heteroatoms. The Balaban J connectivity index is 4.06. The van der Waals surface area contributed by atoms with Gasteiger partial charge in [0.05, 0.1) is 16.4 Å². The lowest BCUT2D eigenvalue weighted by Crippen LogP contribution is -2.18. The number of esters is 1. The van der Waals surface area contributed by atoms with Gasteiger partial charge in [0.15, 0.2) is 0 Å². The number of carbonyl (C=O) groups excluding carboxylic acids is 1. The van der Waals surface area contributed by atoms with Crippen LogP contribution in [0.5, 0.6) is 0 Å². The highest BCUT2D eigenvalue weighted by Crippen LogP contribution is 2.28. The number of rotatable bonds is 5. The first-order valence-electron chi connectivity index (χ1n) is 4.54. The van der Waals surface area contributed by atoms with Crippen LogP contribution in [0.2, 0.25) is 0 Å². The zero-order chi connectivity index (χ0) is 11.2. The van der Waals surface area contributed by atoms with Gasteiger partial charge in [0, 0.05) is 0 Å². The van der Waals surface area contributed by atoms with Gasteiger partial charge in [-0.15, -0.1) is 0 Å². The van der Waals surface area contributed by atoms with E-state index in [0.717, 1.165) is 9.81 Å². The minimum absolute atomic E-state index is 0.0565. The van der Waals surface area contributed by atoms with E-state index in [2.05, 4.69) is 31.9 Å². The van der Waals surface area contributed by atoms with Crippen LogP contribution >= 0.6 is 31.9 Å². The molecule has 0 saturated heterocycles. The van der Waals surface area contributed by atoms with Crippen molar-refractivity contribution in [3.63, 3.8) is 0 Å². The van der Waals surface area contributed by atoms with Crippen LogP contribution in [-0.4, -0.2) is 12.6 Å². The zero-order valence-electron chi connectivity index (χ0n) is 8.77. The molecule has 0 N–H and O–H groups in total. The largest absolute Gasteiger partial charge is 0.466 e. The molecule has 2 nitrogen and oxygen atoms in total. The fraction of sp³-hybridized carbons (Fsp3) is 0.700. The molecule has 14 heavy (non-hydrogen) atoms. The number of carbonyl (C=O) groups is 1. The number of halogens is 2. The Morgan fingerprint density at radius 3 is 2.43 bits per heavy atom. The van der Waals surface area contributed by atoms with Crippen LogP contribution < -0.4 is 0 Å². The minimum atomic E-state index is -0.128. The summed E-state index contributed by atoms with van der Waals surface area (Å²) in [4.78, 5) is 11.2. The van der Waals surface area contributed by atoms with Gasteiger partial charge in [0.25, 0.3) is 0 Å². The van der Waals surface area contributed by atoms with Crippen molar-refractivity contribution in [1.29, 1.82) is 0 Å². The molecule has 0 amide bonds. The molecule has 0 rings (SSSR count). The second-order valence-corrected chi connectivity index (χ2v) is 6.62. The van der Waals surface area contributed by atoms with E-state index in [0.29, 0.717) is 13.0 Å². The molecule has 0 aromatic rings. The number of hydrogen-bond acceptors (Lipinski definition) is 2. The Kier molecular flexibility index (Phi) is 6.70. The molecule has 0 aromatic heterocycles. The maximum atomic E-state index is 11.2. The van der Waals surface area contributed by atoms with Crippen LogP contribution in [0.4, 0.5) is 0 Å². The van der Waals surface area contributed by atoms with Crippen LogP contribution in [0, 0.1) is 5.41 Å². The van der Waals surface area contributed by atoms with Gasteiger partial charge in [-0.1, -0.05) is 19.9 Å². The first-order chi connectivity index (χ1) is 6.37. The van der Waals surface area contributed by atoms with Gasteiger partial charge in [0.1, 0.15) is 0 Å². The normalized spacial score (nSPS) is 10.9. The summed E-state index contributed by atoms with van der Waals surface area (Å²) < 4.78 is 5.82. The molecular formula is C10H16Br2O2. The smallest absolute Gasteiger partial charge is 0.306 e. The summed E-state index contributed by atoms with van der Waals surface area (Å²) in [6, 6.07) is 0. The van der Waals surface area contributed by atoms with Crippen LogP contribution in [-0.2, 0) is 9.53 Å². The van der Waals surface area contributed by atoms with E-state index in [1.165, 1.54) is 0 Å². The summed E-state index contributed by atoms with van der Waals surface area (Å²) in [5.74, 6) is -0.128. The maximum absolute atomic E-state index is 11.2. The molecule has 0 aromatic carbocycles. The minimum Gasteiger partial charge on any atom is -0.466 e. The van der Waals surface area contributed by atoms with Crippen molar-refractivity contribution in [2.45, 2.75) is 33.6 Å². The molecule has 0 aliphatic heterocycles. The van der Waals surface area contributed by atoms with E-state index in [-0.39, 0.29) is 11.4 Å². The topological polar surface area (TPSA) is 26.3 Å². The number of allylic oxidation sites excluding steroid dienone is 1. The summed E-state index contributed by atoms with van der Waals surface area (Å²) in [6.07, 6.45) is 3.28. The molecular weight excluding hydrogens is 312 g/mol. The highest BCUT2D eigenvalue weighted by molar-refractivity contribution is 9.28. The van der Waals surface area contributed by atoms with Gasteiger partial charge < -0.3 is 4.74 Å². The summed E-state index contributed by atoms with van der Waals surface area (Å²) in [5, 5.41) is 0. The lowest BCUT2D eigenvalue weighted by molar-refractivity contribution is -0.145. The standard InChI is InChI=1S/C10H16Br2O2/c1-4-14-9(13)7-10(2,3)6-5-8(11)12/h5H,4,6-7H2,1-3H3. The number of ether oxygens (including phenoxy) is 1. The molecule has 0 heterocycles. The molecule has 0 radical (unpaired) electrons. The van der Waals surface area contributed by atoms with Crippen LogP contribution in [0.15, 0.2) is 9.47 Å². The third kappa shape index (κ3) is 7.56. The van der Waals surface area contributed by atoms with Crippen molar-refractivity contribution in [1.82, 2.24) is 0 Å². The van der Waals surface area contributed by atoms with E-state index in [4.69, 9.17) is 4.74 Å². The molecule has 0 spiro atoms. The highest BCUT2D eigenvalue weighted by Gasteiger charge is 2.21. The maximum Gasteiger partial charge on any atom is 0.306 e. The van der Waals surface area contributed by atoms with Crippen LogP contribution in [0.3, 0.4) is 0 Å². The first-order valence-corrected chi connectivity index (χ1v) is 6.13. The second kappa shape index (κ2) is 6.62. The Morgan fingerprint density at radius 2 is 2.00 bits per heavy atom. The van der Waals surface area contributed by atoms with Crippen molar-refractivity contribution < 1.29 is 9.53 Å². The first kappa shape index (κ1) is 14.2. The summed E-state index contributed by atoms with van der Waals surface area (Å²) in [6.45, 7) is 6.36. The Hall–Kier alpha value is 0.170. The molecule has 82 valence electrons. The average molecular weight is 328 g/mol. The lowest BCUT2D eigenvalue weighted by Gasteiger charge is -2.21. The molecule has 0 bridgehead atoms. The van der Waals surface area contributed by atoms with Gasteiger partial charge in [-0.05, 0) is 50.6 Å². The highest BCUT2D eigenvalue weighted by atomic mass is 79.9. The van der Waals surface area contributed by atoms with Crippen molar-refractivity contribution in [2.24, 2.45) is 5.41 Å². The van der Waals surface area contributed by atoms with Crippen molar-refractivity contribution in [3.8, 4) is 0 Å². The predicted molar refractivity (Wildman–Crippen MR) is 65.6 cm³/mol. The van der Waals surface area contributed by atoms with E-state index >= 15 is 0 Å². The van der Waals surface area contributed by atoms with Crippen molar-refractivity contribution in [3.05, 3.63) is 9.47 Å². The Labute approximate surface area is 102 Å². The molecule has 0 aliphatic carbocycles. The third-order valence-electron chi connectivity index (χ3n) is 1.74. The van der Waals surface area contributed by atoms with E-state index < -0.39 is 0 Å². The van der Waals surface area contributed by atoms with Crippen LogP contribution in [0.25, 0.3) is 0 Å². The van der Waals surface area contributed by atoms with Crippen molar-refractivity contribution >= 4 is 37.8 Å². The quantitative estimate of drug-likeness (QED) is 0.714.